The van der Waals surface area contributed by atoms with Crippen LogP contribution in [0.25, 0.3) is 0 Å². The van der Waals surface area contributed by atoms with Crippen LogP contribution in [0.3, 0.4) is 0 Å². The molecule has 1 heterocycles. The molecular formula is C16H18N4. The molecule has 1 atom stereocenters. The maximum Gasteiger partial charge on any atom is 0.0992 e. The first kappa shape index (κ1) is 14.0. The molecule has 0 radical (unpaired) electrons. The maximum absolute atomic E-state index is 8.94. The van der Waals surface area contributed by atoms with Crippen molar-refractivity contribution in [2.24, 2.45) is 5.73 Å². The number of aromatic nitrogens is 1. The van der Waals surface area contributed by atoms with Crippen molar-refractivity contribution in [2.45, 2.75) is 19.4 Å². The molecular weight excluding hydrogens is 248 g/mol. The molecule has 0 unspecified atom stereocenters. The number of nitrogens with two attached hydrogens (primary N) is 1. The highest BCUT2D eigenvalue weighted by Gasteiger charge is 2.08. The summed E-state index contributed by atoms with van der Waals surface area (Å²) in [5.41, 5.74) is 9.42. The summed E-state index contributed by atoms with van der Waals surface area (Å²) in [5, 5.41) is 8.94. The molecule has 1 aromatic carbocycles. The van der Waals surface area contributed by atoms with Gasteiger partial charge in [-0.25, -0.2) is 0 Å². The van der Waals surface area contributed by atoms with Crippen molar-refractivity contribution in [3.05, 3.63) is 53.9 Å². The Hall–Kier alpha value is -2.38. The minimum Gasteiger partial charge on any atom is -0.343 e. The Balaban J connectivity index is 2.24. The van der Waals surface area contributed by atoms with E-state index in [0.29, 0.717) is 5.56 Å². The summed E-state index contributed by atoms with van der Waals surface area (Å²) >= 11 is 0. The Morgan fingerprint density at radius 3 is 2.70 bits per heavy atom. The lowest BCUT2D eigenvalue weighted by atomic mass is 10.1. The normalized spacial score (nSPS) is 11.7. The Bertz CT molecular complexity index is 613. The van der Waals surface area contributed by atoms with E-state index in [1.807, 2.05) is 55.4 Å². The number of hydrogen-bond acceptors (Lipinski definition) is 4. The van der Waals surface area contributed by atoms with Gasteiger partial charge in [0.05, 0.1) is 29.2 Å². The van der Waals surface area contributed by atoms with Gasteiger partial charge < -0.3 is 10.6 Å². The molecule has 0 amide bonds. The topological polar surface area (TPSA) is 65.9 Å². The number of hydrogen-bond donors (Lipinski definition) is 1. The quantitative estimate of drug-likeness (QED) is 0.923. The van der Waals surface area contributed by atoms with Crippen LogP contribution in [0.2, 0.25) is 0 Å². The first-order valence-electron chi connectivity index (χ1n) is 6.61. The van der Waals surface area contributed by atoms with Gasteiger partial charge in [0, 0.05) is 18.8 Å². The van der Waals surface area contributed by atoms with Crippen LogP contribution in [0.4, 0.5) is 11.4 Å². The SMILES string of the molecule is CC[C@@H](N)c1ccc(N(C)c2cccc(C#N)c2)cn1. The van der Waals surface area contributed by atoms with E-state index in [2.05, 4.69) is 11.1 Å². The number of anilines is 2. The molecule has 2 rings (SSSR count). The summed E-state index contributed by atoms with van der Waals surface area (Å²) in [6.45, 7) is 2.04. The predicted octanol–water partition coefficient (Wildman–Crippen LogP) is 3.13. The standard InChI is InChI=1S/C16H18N4/c1-3-15(18)16-8-7-14(11-19-16)20(2)13-6-4-5-12(9-13)10-17/h4-9,11,15H,3,18H2,1-2H3/t15-/m1/s1. The molecule has 2 aromatic rings. The van der Waals surface area contributed by atoms with Crippen LogP contribution in [0.5, 0.6) is 0 Å². The molecule has 0 bridgehead atoms. The van der Waals surface area contributed by atoms with Gasteiger partial charge in [0.2, 0.25) is 0 Å². The maximum atomic E-state index is 8.94. The summed E-state index contributed by atoms with van der Waals surface area (Å²) in [4.78, 5) is 6.40. The molecule has 0 saturated carbocycles. The summed E-state index contributed by atoms with van der Waals surface area (Å²) < 4.78 is 0. The zero-order valence-corrected chi connectivity index (χ0v) is 11.7. The number of rotatable bonds is 4. The second-order valence-corrected chi connectivity index (χ2v) is 4.68. The fraction of sp³-hybridized carbons (Fsp3) is 0.250. The van der Waals surface area contributed by atoms with Crippen LogP contribution in [-0.4, -0.2) is 12.0 Å². The van der Waals surface area contributed by atoms with E-state index in [1.54, 1.807) is 6.07 Å². The van der Waals surface area contributed by atoms with Gasteiger partial charge in [0.25, 0.3) is 0 Å². The average molecular weight is 266 g/mol. The first-order chi connectivity index (χ1) is 9.65. The Morgan fingerprint density at radius 2 is 2.10 bits per heavy atom. The summed E-state index contributed by atoms with van der Waals surface area (Å²) in [5.74, 6) is 0. The number of nitriles is 1. The van der Waals surface area contributed by atoms with E-state index in [-0.39, 0.29) is 6.04 Å². The Morgan fingerprint density at radius 1 is 1.30 bits per heavy atom. The van der Waals surface area contributed by atoms with Crippen molar-refractivity contribution >= 4 is 11.4 Å². The highest BCUT2D eigenvalue weighted by Crippen LogP contribution is 2.24. The van der Waals surface area contributed by atoms with Crippen molar-refractivity contribution < 1.29 is 0 Å². The molecule has 2 N–H and O–H groups in total. The fourth-order valence-electron chi connectivity index (χ4n) is 1.96. The molecule has 0 fully saturated rings. The van der Waals surface area contributed by atoms with Crippen molar-refractivity contribution in [1.29, 1.82) is 5.26 Å². The predicted molar refractivity (Wildman–Crippen MR) is 80.7 cm³/mol. The van der Waals surface area contributed by atoms with E-state index in [9.17, 15) is 0 Å². The van der Waals surface area contributed by atoms with Crippen molar-refractivity contribution in [1.82, 2.24) is 4.98 Å². The van der Waals surface area contributed by atoms with Crippen molar-refractivity contribution in [2.75, 3.05) is 11.9 Å². The summed E-state index contributed by atoms with van der Waals surface area (Å²) in [6, 6.07) is 13.6. The first-order valence-corrected chi connectivity index (χ1v) is 6.61. The third-order valence-corrected chi connectivity index (χ3v) is 3.34. The number of benzene rings is 1. The van der Waals surface area contributed by atoms with Crippen LogP contribution in [0.1, 0.15) is 30.6 Å². The van der Waals surface area contributed by atoms with Crippen LogP contribution < -0.4 is 10.6 Å². The largest absolute Gasteiger partial charge is 0.343 e. The van der Waals surface area contributed by atoms with Gasteiger partial charge in [0.15, 0.2) is 0 Å². The molecule has 0 aliphatic heterocycles. The molecule has 4 nitrogen and oxygen atoms in total. The van der Waals surface area contributed by atoms with Crippen molar-refractivity contribution in [3.8, 4) is 6.07 Å². The van der Waals surface area contributed by atoms with Gasteiger partial charge in [-0.3, -0.25) is 4.98 Å². The van der Waals surface area contributed by atoms with Crippen LogP contribution in [-0.2, 0) is 0 Å². The minimum absolute atomic E-state index is 0.0173. The highest BCUT2D eigenvalue weighted by atomic mass is 15.1. The molecule has 20 heavy (non-hydrogen) atoms. The monoisotopic (exact) mass is 266 g/mol. The lowest BCUT2D eigenvalue weighted by molar-refractivity contribution is 0.675. The lowest BCUT2D eigenvalue weighted by Gasteiger charge is -2.20. The van der Waals surface area contributed by atoms with Crippen LogP contribution in [0, 0.1) is 11.3 Å². The Labute approximate surface area is 119 Å². The summed E-state index contributed by atoms with van der Waals surface area (Å²) in [7, 11) is 1.95. The molecule has 0 aliphatic carbocycles. The van der Waals surface area contributed by atoms with Gasteiger partial charge in [-0.2, -0.15) is 5.26 Å². The second kappa shape index (κ2) is 6.18. The van der Waals surface area contributed by atoms with Gasteiger partial charge in [-0.1, -0.05) is 13.0 Å². The van der Waals surface area contributed by atoms with E-state index >= 15 is 0 Å². The van der Waals surface area contributed by atoms with Gasteiger partial charge in [-0.15, -0.1) is 0 Å². The highest BCUT2D eigenvalue weighted by molar-refractivity contribution is 5.63. The molecule has 0 spiro atoms. The van der Waals surface area contributed by atoms with E-state index in [4.69, 9.17) is 11.0 Å². The summed E-state index contributed by atoms with van der Waals surface area (Å²) in [6.07, 6.45) is 2.68. The third-order valence-electron chi connectivity index (χ3n) is 3.34. The number of pyridine rings is 1. The van der Waals surface area contributed by atoms with Crippen LogP contribution in [0.15, 0.2) is 42.6 Å². The van der Waals surface area contributed by atoms with Gasteiger partial charge in [-0.05, 0) is 36.8 Å². The zero-order valence-electron chi connectivity index (χ0n) is 11.7. The minimum atomic E-state index is -0.0173. The molecule has 0 aliphatic rings. The molecule has 1 aromatic heterocycles. The van der Waals surface area contributed by atoms with Crippen LogP contribution >= 0.6 is 0 Å². The Kier molecular flexibility index (Phi) is 4.34. The zero-order chi connectivity index (χ0) is 14.5. The molecule has 0 saturated heterocycles. The van der Waals surface area contributed by atoms with Gasteiger partial charge in [0.1, 0.15) is 0 Å². The average Bonchev–Trinajstić information content (AvgIpc) is 2.53. The number of nitrogens with zero attached hydrogens (tertiary/aromatic N) is 3. The molecule has 4 heteroatoms. The fourth-order valence-corrected chi connectivity index (χ4v) is 1.96. The third kappa shape index (κ3) is 2.95. The van der Waals surface area contributed by atoms with Crippen molar-refractivity contribution in [3.63, 3.8) is 0 Å². The van der Waals surface area contributed by atoms with E-state index < -0.39 is 0 Å². The molecule has 102 valence electrons. The van der Waals surface area contributed by atoms with E-state index in [1.165, 1.54) is 0 Å². The smallest absolute Gasteiger partial charge is 0.0992 e. The van der Waals surface area contributed by atoms with E-state index in [0.717, 1.165) is 23.5 Å². The lowest BCUT2D eigenvalue weighted by Crippen LogP contribution is -2.13. The second-order valence-electron chi connectivity index (χ2n) is 4.68. The van der Waals surface area contributed by atoms with Gasteiger partial charge >= 0.3 is 0 Å².